The Morgan fingerprint density at radius 3 is 2.81 bits per heavy atom. The zero-order chi connectivity index (χ0) is 17.8. The van der Waals surface area contributed by atoms with Crippen LogP contribution in [0.2, 0.25) is 0 Å². The van der Waals surface area contributed by atoms with Crippen LogP contribution < -0.4 is 5.32 Å². The number of benzene rings is 1. The number of carbonyl (C=O) groups is 1. The molecular formula is C19H24N4OS2. The fraction of sp³-hybridized carbons (Fsp3) is 0.474. The molecule has 7 heteroatoms. The number of aromatic nitrogens is 2. The summed E-state index contributed by atoms with van der Waals surface area (Å²) >= 11 is 4.05. The highest BCUT2D eigenvalue weighted by molar-refractivity contribution is 8.03. The summed E-state index contributed by atoms with van der Waals surface area (Å²) < 4.78 is 1.80. The van der Waals surface area contributed by atoms with Crippen molar-refractivity contribution in [1.82, 2.24) is 14.7 Å². The third-order valence-electron chi connectivity index (χ3n) is 4.94. The van der Waals surface area contributed by atoms with E-state index in [0.29, 0.717) is 6.04 Å². The number of likely N-dealkylation sites (tertiary alicyclic amines) is 1. The Balaban J connectivity index is 1.44. The van der Waals surface area contributed by atoms with Gasteiger partial charge in [0, 0.05) is 47.1 Å². The van der Waals surface area contributed by atoms with Gasteiger partial charge in [-0.15, -0.1) is 0 Å². The van der Waals surface area contributed by atoms with Gasteiger partial charge in [0.2, 0.25) is 5.91 Å². The van der Waals surface area contributed by atoms with E-state index in [9.17, 15) is 4.79 Å². The normalized spacial score (nSPS) is 22.2. The van der Waals surface area contributed by atoms with Gasteiger partial charge in [0.1, 0.15) is 0 Å². The second kappa shape index (κ2) is 8.50. The monoisotopic (exact) mass is 388 g/mol. The Morgan fingerprint density at radius 1 is 1.19 bits per heavy atom. The van der Waals surface area contributed by atoms with E-state index in [1.165, 1.54) is 11.5 Å². The minimum absolute atomic E-state index is 0.00680. The first kappa shape index (κ1) is 17.9. The molecule has 138 valence electrons. The van der Waals surface area contributed by atoms with Gasteiger partial charge in [0.05, 0.1) is 11.7 Å². The lowest BCUT2D eigenvalue weighted by Crippen LogP contribution is -2.47. The van der Waals surface area contributed by atoms with Gasteiger partial charge >= 0.3 is 0 Å². The molecule has 2 aliphatic rings. The quantitative estimate of drug-likeness (QED) is 0.872. The number of rotatable bonds is 4. The van der Waals surface area contributed by atoms with E-state index in [1.807, 2.05) is 60.1 Å². The summed E-state index contributed by atoms with van der Waals surface area (Å²) in [6.45, 7) is 1.04. The lowest BCUT2D eigenvalue weighted by molar-refractivity contribution is -0.120. The van der Waals surface area contributed by atoms with Gasteiger partial charge in [0.15, 0.2) is 0 Å². The third kappa shape index (κ3) is 4.10. The highest BCUT2D eigenvalue weighted by Crippen LogP contribution is 2.28. The predicted molar refractivity (Wildman–Crippen MR) is 110 cm³/mol. The largest absolute Gasteiger partial charge is 0.325 e. The number of thioether (sulfide) groups is 2. The van der Waals surface area contributed by atoms with Gasteiger partial charge in [-0.3, -0.25) is 9.69 Å². The number of carbonyl (C=O) groups excluding carboxylic acids is 1. The summed E-state index contributed by atoms with van der Waals surface area (Å²) in [5, 5.41) is 7.39. The number of hydrogen-bond donors (Lipinski definition) is 1. The summed E-state index contributed by atoms with van der Waals surface area (Å²) in [7, 11) is 0. The van der Waals surface area contributed by atoms with Crippen molar-refractivity contribution in [2.75, 3.05) is 34.9 Å². The molecule has 2 aromatic rings. The van der Waals surface area contributed by atoms with Crippen molar-refractivity contribution in [3.05, 3.63) is 42.7 Å². The fourth-order valence-electron chi connectivity index (χ4n) is 3.68. The zero-order valence-electron chi connectivity index (χ0n) is 14.7. The van der Waals surface area contributed by atoms with Crippen LogP contribution in [0, 0.1) is 0 Å². The standard InChI is InChI=1S/C19H24N4OS2/c24-19(18-6-2-8-22(18)17-13-25-10-11-26-14-17)21-15-4-1-5-16(12-15)23-9-3-7-20-23/h1,3-5,7,9,12,17-18H,2,6,8,10-11,13-14H2,(H,21,24)/t18-/m1/s1. The molecule has 0 radical (unpaired) electrons. The number of hydrogen-bond acceptors (Lipinski definition) is 5. The molecule has 0 saturated carbocycles. The van der Waals surface area contributed by atoms with Gasteiger partial charge < -0.3 is 5.32 Å². The molecule has 4 rings (SSSR count). The fourth-order valence-corrected chi connectivity index (χ4v) is 6.27. The summed E-state index contributed by atoms with van der Waals surface area (Å²) in [6, 6.07) is 10.3. The number of amides is 1. The van der Waals surface area contributed by atoms with Gasteiger partial charge in [-0.2, -0.15) is 28.6 Å². The Morgan fingerprint density at radius 2 is 2.04 bits per heavy atom. The van der Waals surface area contributed by atoms with E-state index < -0.39 is 0 Å². The van der Waals surface area contributed by atoms with Gasteiger partial charge in [-0.1, -0.05) is 6.07 Å². The lowest BCUT2D eigenvalue weighted by Gasteiger charge is -2.31. The van der Waals surface area contributed by atoms with Crippen LogP contribution in [0.1, 0.15) is 12.8 Å². The second-order valence-corrected chi connectivity index (χ2v) is 8.99. The summed E-state index contributed by atoms with van der Waals surface area (Å²) in [6.07, 6.45) is 5.72. The van der Waals surface area contributed by atoms with Crippen molar-refractivity contribution in [2.45, 2.75) is 24.9 Å². The number of nitrogens with one attached hydrogen (secondary N) is 1. The molecule has 2 fully saturated rings. The van der Waals surface area contributed by atoms with Crippen LogP contribution in [0.15, 0.2) is 42.7 Å². The molecule has 2 aliphatic heterocycles. The Bertz CT molecular complexity index is 729. The molecule has 1 amide bonds. The molecule has 26 heavy (non-hydrogen) atoms. The minimum atomic E-state index is -0.00680. The maximum Gasteiger partial charge on any atom is 0.241 e. The highest BCUT2D eigenvalue weighted by atomic mass is 32.2. The molecule has 1 aromatic carbocycles. The van der Waals surface area contributed by atoms with Crippen LogP contribution >= 0.6 is 23.5 Å². The van der Waals surface area contributed by atoms with Crippen LogP contribution in [0.25, 0.3) is 5.69 Å². The van der Waals surface area contributed by atoms with E-state index in [-0.39, 0.29) is 11.9 Å². The molecule has 3 heterocycles. The maximum absolute atomic E-state index is 13.0. The molecule has 1 atom stereocenters. The Labute approximate surface area is 162 Å². The highest BCUT2D eigenvalue weighted by Gasteiger charge is 2.35. The molecule has 2 saturated heterocycles. The van der Waals surface area contributed by atoms with Crippen molar-refractivity contribution in [3.63, 3.8) is 0 Å². The van der Waals surface area contributed by atoms with E-state index in [4.69, 9.17) is 0 Å². The minimum Gasteiger partial charge on any atom is -0.325 e. The first-order valence-electron chi connectivity index (χ1n) is 9.13. The average molecular weight is 389 g/mol. The van der Waals surface area contributed by atoms with Crippen molar-refractivity contribution >= 4 is 35.1 Å². The molecule has 0 spiro atoms. The van der Waals surface area contributed by atoms with Crippen LogP contribution in [0.4, 0.5) is 5.69 Å². The van der Waals surface area contributed by atoms with E-state index in [0.717, 1.165) is 42.3 Å². The Hall–Kier alpha value is -1.44. The van der Waals surface area contributed by atoms with E-state index >= 15 is 0 Å². The van der Waals surface area contributed by atoms with Crippen LogP contribution in [-0.2, 0) is 4.79 Å². The van der Waals surface area contributed by atoms with Crippen molar-refractivity contribution in [2.24, 2.45) is 0 Å². The van der Waals surface area contributed by atoms with Crippen LogP contribution in [-0.4, -0.2) is 62.2 Å². The van der Waals surface area contributed by atoms with Crippen molar-refractivity contribution in [3.8, 4) is 5.69 Å². The zero-order valence-corrected chi connectivity index (χ0v) is 16.3. The van der Waals surface area contributed by atoms with E-state index in [2.05, 4.69) is 15.3 Å². The summed E-state index contributed by atoms with van der Waals surface area (Å²) in [5.41, 5.74) is 1.78. The molecule has 0 bridgehead atoms. The molecule has 5 nitrogen and oxygen atoms in total. The lowest BCUT2D eigenvalue weighted by atomic mass is 10.1. The average Bonchev–Trinajstić information content (AvgIpc) is 3.30. The summed E-state index contributed by atoms with van der Waals surface area (Å²) in [4.78, 5) is 15.4. The molecule has 1 aromatic heterocycles. The third-order valence-corrected chi connectivity index (χ3v) is 7.43. The molecule has 0 aliphatic carbocycles. The topological polar surface area (TPSA) is 50.2 Å². The van der Waals surface area contributed by atoms with Crippen LogP contribution in [0.3, 0.4) is 0 Å². The first-order valence-corrected chi connectivity index (χ1v) is 11.4. The number of nitrogens with zero attached hydrogens (tertiary/aromatic N) is 3. The van der Waals surface area contributed by atoms with Crippen LogP contribution in [0.5, 0.6) is 0 Å². The van der Waals surface area contributed by atoms with Gasteiger partial charge in [0.25, 0.3) is 0 Å². The predicted octanol–water partition coefficient (Wildman–Crippen LogP) is 3.12. The summed E-state index contributed by atoms with van der Waals surface area (Å²) in [5.74, 6) is 4.87. The Kier molecular flexibility index (Phi) is 5.87. The molecule has 1 N–H and O–H groups in total. The second-order valence-electron chi connectivity index (χ2n) is 6.69. The maximum atomic E-state index is 13.0. The van der Waals surface area contributed by atoms with Gasteiger partial charge in [-0.05, 0) is 43.7 Å². The first-order chi connectivity index (χ1) is 12.8. The SMILES string of the molecule is O=C(Nc1cccc(-n2cccn2)c1)[C@H]1CCCN1C1CSCCSC1. The van der Waals surface area contributed by atoms with Gasteiger partial charge in [-0.25, -0.2) is 4.68 Å². The number of anilines is 1. The van der Waals surface area contributed by atoms with E-state index in [1.54, 1.807) is 10.9 Å². The van der Waals surface area contributed by atoms with Crippen molar-refractivity contribution in [1.29, 1.82) is 0 Å². The molecule has 0 unspecified atom stereocenters. The smallest absolute Gasteiger partial charge is 0.241 e. The molecular weight excluding hydrogens is 364 g/mol. The van der Waals surface area contributed by atoms with Crippen molar-refractivity contribution < 1.29 is 4.79 Å².